The molecule has 0 amide bonds. The van der Waals surface area contributed by atoms with E-state index in [0.717, 1.165) is 5.75 Å². The highest BCUT2D eigenvalue weighted by Crippen LogP contribution is 2.18. The van der Waals surface area contributed by atoms with E-state index in [4.69, 9.17) is 0 Å². The number of hydrogen-bond acceptors (Lipinski definition) is 1. The van der Waals surface area contributed by atoms with Crippen molar-refractivity contribution in [1.82, 2.24) is 0 Å². The number of halogens is 1. The van der Waals surface area contributed by atoms with E-state index in [1.165, 1.54) is 10.5 Å². The van der Waals surface area contributed by atoms with Crippen molar-refractivity contribution in [2.45, 2.75) is 18.2 Å². The summed E-state index contributed by atoms with van der Waals surface area (Å²) in [4.78, 5) is 1.23. The van der Waals surface area contributed by atoms with Crippen LogP contribution in [0.15, 0.2) is 29.2 Å². The van der Waals surface area contributed by atoms with Gasteiger partial charge in [-0.15, -0.1) is 11.8 Å². The Bertz CT molecular complexity index is 218. The Hall–Kier alpha value is -0.500. The van der Waals surface area contributed by atoms with Crippen LogP contribution in [0, 0.1) is 6.92 Å². The van der Waals surface area contributed by atoms with E-state index in [2.05, 4.69) is 31.2 Å². The second-order valence-electron chi connectivity index (χ2n) is 2.70. The van der Waals surface area contributed by atoms with E-state index in [-0.39, 0.29) is 6.67 Å². The molecule has 1 aromatic carbocycles. The molecule has 0 saturated heterocycles. The predicted octanol–water partition coefficient (Wildman–Crippen LogP) is 3.45. The van der Waals surface area contributed by atoms with Crippen LogP contribution in [0.25, 0.3) is 0 Å². The molecule has 1 rings (SSSR count). The summed E-state index contributed by atoms with van der Waals surface area (Å²) in [7, 11) is 0. The fraction of sp³-hybridized carbons (Fsp3) is 0.400. The summed E-state index contributed by atoms with van der Waals surface area (Å²) in [5, 5.41) is 0. The molecule has 0 radical (unpaired) electrons. The first-order chi connectivity index (χ1) is 5.83. The summed E-state index contributed by atoms with van der Waals surface area (Å²) in [6, 6.07) is 8.33. The Kier molecular flexibility index (Phi) is 4.15. The van der Waals surface area contributed by atoms with Crippen molar-refractivity contribution in [3.63, 3.8) is 0 Å². The van der Waals surface area contributed by atoms with E-state index >= 15 is 0 Å². The molecule has 2 heteroatoms. The Morgan fingerprint density at radius 1 is 1.25 bits per heavy atom. The topological polar surface area (TPSA) is 0 Å². The van der Waals surface area contributed by atoms with Gasteiger partial charge in [-0.05, 0) is 25.5 Å². The molecule has 1 aromatic rings. The smallest absolute Gasteiger partial charge is 0.0902 e. The minimum atomic E-state index is -0.209. The molecule has 0 bridgehead atoms. The summed E-state index contributed by atoms with van der Waals surface area (Å²) in [6.07, 6.45) is 0.651. The molecule has 0 aliphatic rings. The fourth-order valence-electron chi connectivity index (χ4n) is 0.879. The van der Waals surface area contributed by atoms with Crippen LogP contribution in [-0.4, -0.2) is 12.4 Å². The quantitative estimate of drug-likeness (QED) is 0.510. The van der Waals surface area contributed by atoms with Gasteiger partial charge in [-0.2, -0.15) is 0 Å². The minimum absolute atomic E-state index is 0.209. The lowest BCUT2D eigenvalue weighted by atomic mass is 10.2. The molecule has 0 atom stereocenters. The fourth-order valence-corrected chi connectivity index (χ4v) is 1.70. The Labute approximate surface area is 77.2 Å². The van der Waals surface area contributed by atoms with Crippen molar-refractivity contribution in [1.29, 1.82) is 0 Å². The van der Waals surface area contributed by atoms with Gasteiger partial charge in [0.1, 0.15) is 0 Å². The Morgan fingerprint density at radius 3 is 2.50 bits per heavy atom. The SMILES string of the molecule is Cc1ccc(SCCCF)cc1. The van der Waals surface area contributed by atoms with Crippen molar-refractivity contribution in [3.05, 3.63) is 29.8 Å². The van der Waals surface area contributed by atoms with Crippen LogP contribution < -0.4 is 0 Å². The summed E-state index contributed by atoms with van der Waals surface area (Å²) < 4.78 is 11.7. The molecular weight excluding hydrogens is 171 g/mol. The molecule has 0 aromatic heterocycles. The van der Waals surface area contributed by atoms with Crippen LogP contribution in [-0.2, 0) is 0 Å². The standard InChI is InChI=1S/C10H13FS/c1-9-3-5-10(6-4-9)12-8-2-7-11/h3-6H,2,7-8H2,1H3. The molecule has 0 N–H and O–H groups in total. The molecule has 0 spiro atoms. The number of hydrogen-bond donors (Lipinski definition) is 0. The average Bonchev–Trinajstić information content (AvgIpc) is 2.09. The Balaban J connectivity index is 2.37. The molecule has 0 unspecified atom stereocenters. The molecular formula is C10H13FS. The third-order valence-corrected chi connectivity index (χ3v) is 2.67. The molecule has 12 heavy (non-hydrogen) atoms. The van der Waals surface area contributed by atoms with Gasteiger partial charge in [0.2, 0.25) is 0 Å². The van der Waals surface area contributed by atoms with Crippen molar-refractivity contribution >= 4 is 11.8 Å². The third kappa shape index (κ3) is 3.26. The van der Waals surface area contributed by atoms with Gasteiger partial charge in [0, 0.05) is 10.6 Å². The van der Waals surface area contributed by atoms with Gasteiger partial charge in [0.25, 0.3) is 0 Å². The highest BCUT2D eigenvalue weighted by atomic mass is 32.2. The molecule has 0 fully saturated rings. The van der Waals surface area contributed by atoms with Gasteiger partial charge < -0.3 is 0 Å². The van der Waals surface area contributed by atoms with E-state index < -0.39 is 0 Å². The number of thioether (sulfide) groups is 1. The zero-order valence-corrected chi connectivity index (χ0v) is 8.03. The minimum Gasteiger partial charge on any atom is -0.251 e. The summed E-state index contributed by atoms with van der Waals surface area (Å²) >= 11 is 1.71. The lowest BCUT2D eigenvalue weighted by molar-refractivity contribution is 0.489. The van der Waals surface area contributed by atoms with Crippen LogP contribution >= 0.6 is 11.8 Å². The van der Waals surface area contributed by atoms with Crippen LogP contribution in [0.2, 0.25) is 0 Å². The predicted molar refractivity (Wildman–Crippen MR) is 52.5 cm³/mol. The first-order valence-electron chi connectivity index (χ1n) is 4.08. The molecule has 0 aliphatic carbocycles. The number of aryl methyl sites for hydroxylation is 1. The van der Waals surface area contributed by atoms with E-state index in [0.29, 0.717) is 6.42 Å². The average molecular weight is 184 g/mol. The van der Waals surface area contributed by atoms with Crippen LogP contribution in [0.3, 0.4) is 0 Å². The number of alkyl halides is 1. The zero-order valence-electron chi connectivity index (χ0n) is 7.22. The summed E-state index contributed by atoms with van der Waals surface area (Å²) in [5.41, 5.74) is 1.27. The van der Waals surface area contributed by atoms with Gasteiger partial charge in [0.15, 0.2) is 0 Å². The number of benzene rings is 1. The normalized spacial score (nSPS) is 10.2. The maximum Gasteiger partial charge on any atom is 0.0902 e. The van der Waals surface area contributed by atoms with Crippen molar-refractivity contribution in [2.75, 3.05) is 12.4 Å². The maximum absolute atomic E-state index is 11.7. The van der Waals surface area contributed by atoms with Gasteiger partial charge in [-0.1, -0.05) is 17.7 Å². The zero-order chi connectivity index (χ0) is 8.81. The molecule has 0 saturated carbocycles. The first kappa shape index (κ1) is 9.59. The molecule has 0 nitrogen and oxygen atoms in total. The second kappa shape index (κ2) is 5.20. The lowest BCUT2D eigenvalue weighted by Gasteiger charge is -1.99. The lowest BCUT2D eigenvalue weighted by Crippen LogP contribution is -1.81. The monoisotopic (exact) mass is 184 g/mol. The highest BCUT2D eigenvalue weighted by molar-refractivity contribution is 7.99. The van der Waals surface area contributed by atoms with Gasteiger partial charge in [-0.25, -0.2) is 0 Å². The highest BCUT2D eigenvalue weighted by Gasteiger charge is 1.92. The van der Waals surface area contributed by atoms with E-state index in [1.807, 2.05) is 0 Å². The summed E-state index contributed by atoms with van der Waals surface area (Å²) in [5.74, 6) is 0.875. The van der Waals surface area contributed by atoms with Crippen molar-refractivity contribution < 1.29 is 4.39 Å². The second-order valence-corrected chi connectivity index (χ2v) is 3.87. The van der Waals surface area contributed by atoms with Gasteiger partial charge in [-0.3, -0.25) is 4.39 Å². The maximum atomic E-state index is 11.7. The largest absolute Gasteiger partial charge is 0.251 e. The van der Waals surface area contributed by atoms with Gasteiger partial charge >= 0.3 is 0 Å². The van der Waals surface area contributed by atoms with Crippen molar-refractivity contribution in [3.8, 4) is 0 Å². The molecule has 0 aliphatic heterocycles. The van der Waals surface area contributed by atoms with Crippen LogP contribution in [0.5, 0.6) is 0 Å². The van der Waals surface area contributed by atoms with Crippen molar-refractivity contribution in [2.24, 2.45) is 0 Å². The Morgan fingerprint density at radius 2 is 1.92 bits per heavy atom. The first-order valence-corrected chi connectivity index (χ1v) is 5.07. The molecule has 0 heterocycles. The number of rotatable bonds is 4. The summed E-state index contributed by atoms with van der Waals surface area (Å²) in [6.45, 7) is 1.86. The molecule has 66 valence electrons. The van der Waals surface area contributed by atoms with Crippen LogP contribution in [0.4, 0.5) is 4.39 Å². The van der Waals surface area contributed by atoms with E-state index in [9.17, 15) is 4.39 Å². The van der Waals surface area contributed by atoms with Gasteiger partial charge in [0.05, 0.1) is 6.67 Å². The van der Waals surface area contributed by atoms with E-state index in [1.54, 1.807) is 11.8 Å². The third-order valence-electron chi connectivity index (χ3n) is 1.57. The van der Waals surface area contributed by atoms with Crippen LogP contribution in [0.1, 0.15) is 12.0 Å².